The summed E-state index contributed by atoms with van der Waals surface area (Å²) in [4.78, 5) is 6.71. The SMILES string of the molecule is CN=C(NCCCn1nc(C)cc1C)NCC1CCCN1C. The standard InChI is InChI=1S/C16H30N6/c1-13-11-14(2)22(20-13)10-6-8-18-16(17-3)19-12-15-7-5-9-21(15)4/h11,15H,5-10,12H2,1-4H3,(H2,17,18,19). The molecule has 1 aromatic rings. The van der Waals surface area contributed by atoms with Gasteiger partial charge in [0.1, 0.15) is 0 Å². The number of nitrogens with one attached hydrogen (secondary N) is 2. The maximum atomic E-state index is 4.48. The van der Waals surface area contributed by atoms with Crippen molar-refractivity contribution in [3.8, 4) is 0 Å². The maximum absolute atomic E-state index is 4.48. The van der Waals surface area contributed by atoms with Gasteiger partial charge in [-0.05, 0) is 52.8 Å². The van der Waals surface area contributed by atoms with E-state index in [1.165, 1.54) is 25.1 Å². The molecule has 2 rings (SSSR count). The van der Waals surface area contributed by atoms with Gasteiger partial charge in [-0.15, -0.1) is 0 Å². The van der Waals surface area contributed by atoms with Gasteiger partial charge in [-0.25, -0.2) is 0 Å². The molecule has 1 atom stereocenters. The van der Waals surface area contributed by atoms with E-state index in [-0.39, 0.29) is 0 Å². The number of likely N-dealkylation sites (tertiary alicyclic amines) is 1. The van der Waals surface area contributed by atoms with Crippen LogP contribution in [0.1, 0.15) is 30.7 Å². The molecule has 0 amide bonds. The Bertz CT molecular complexity index is 493. The van der Waals surface area contributed by atoms with Crippen LogP contribution in [0.3, 0.4) is 0 Å². The van der Waals surface area contributed by atoms with Crippen molar-refractivity contribution >= 4 is 5.96 Å². The van der Waals surface area contributed by atoms with Crippen molar-refractivity contribution in [3.63, 3.8) is 0 Å². The molecule has 1 aliphatic rings. The molecule has 1 aliphatic heterocycles. The first-order valence-electron chi connectivity index (χ1n) is 8.26. The summed E-state index contributed by atoms with van der Waals surface area (Å²) in [7, 11) is 4.03. The molecular weight excluding hydrogens is 276 g/mol. The zero-order valence-electron chi connectivity index (χ0n) is 14.4. The fourth-order valence-electron chi connectivity index (χ4n) is 3.01. The Morgan fingerprint density at radius 3 is 2.82 bits per heavy atom. The van der Waals surface area contributed by atoms with E-state index in [1.54, 1.807) is 0 Å². The van der Waals surface area contributed by atoms with Crippen LogP contribution < -0.4 is 10.6 Å². The van der Waals surface area contributed by atoms with Crippen molar-refractivity contribution in [2.45, 2.75) is 45.7 Å². The van der Waals surface area contributed by atoms with E-state index in [1.807, 2.05) is 14.0 Å². The molecule has 124 valence electrons. The van der Waals surface area contributed by atoms with Crippen molar-refractivity contribution in [1.82, 2.24) is 25.3 Å². The van der Waals surface area contributed by atoms with Crippen molar-refractivity contribution < 1.29 is 0 Å². The summed E-state index contributed by atoms with van der Waals surface area (Å²) in [6.45, 7) is 8.15. The smallest absolute Gasteiger partial charge is 0.191 e. The molecule has 0 bridgehead atoms. The van der Waals surface area contributed by atoms with Crippen molar-refractivity contribution in [3.05, 3.63) is 17.5 Å². The Kier molecular flexibility index (Phi) is 6.24. The number of hydrogen-bond donors (Lipinski definition) is 2. The summed E-state index contributed by atoms with van der Waals surface area (Å²) in [5, 5.41) is 11.3. The molecule has 1 aromatic heterocycles. The van der Waals surface area contributed by atoms with Gasteiger partial charge in [-0.1, -0.05) is 0 Å². The molecule has 1 saturated heterocycles. The highest BCUT2D eigenvalue weighted by Gasteiger charge is 2.20. The lowest BCUT2D eigenvalue weighted by Crippen LogP contribution is -2.44. The highest BCUT2D eigenvalue weighted by atomic mass is 15.3. The molecule has 0 aromatic carbocycles. The van der Waals surface area contributed by atoms with Gasteiger partial charge >= 0.3 is 0 Å². The number of aromatic nitrogens is 2. The third-order valence-corrected chi connectivity index (χ3v) is 4.34. The highest BCUT2D eigenvalue weighted by Crippen LogP contribution is 2.13. The molecule has 0 aliphatic carbocycles. The van der Waals surface area contributed by atoms with Gasteiger partial charge in [-0.2, -0.15) is 5.10 Å². The number of hydrogen-bond acceptors (Lipinski definition) is 3. The minimum Gasteiger partial charge on any atom is -0.356 e. The van der Waals surface area contributed by atoms with Gasteiger partial charge in [0.25, 0.3) is 0 Å². The summed E-state index contributed by atoms with van der Waals surface area (Å²) >= 11 is 0. The van der Waals surface area contributed by atoms with Crippen molar-refractivity contribution in [2.24, 2.45) is 4.99 Å². The van der Waals surface area contributed by atoms with E-state index >= 15 is 0 Å². The molecular formula is C16H30N6. The predicted molar refractivity (Wildman–Crippen MR) is 91.3 cm³/mol. The summed E-state index contributed by atoms with van der Waals surface area (Å²) in [6.07, 6.45) is 3.61. The van der Waals surface area contributed by atoms with Crippen molar-refractivity contribution in [2.75, 3.05) is 33.7 Å². The molecule has 2 heterocycles. The summed E-state index contributed by atoms with van der Waals surface area (Å²) in [6, 6.07) is 2.75. The van der Waals surface area contributed by atoms with E-state index in [4.69, 9.17) is 0 Å². The molecule has 0 spiro atoms. The van der Waals surface area contributed by atoms with E-state index in [0.717, 1.165) is 37.7 Å². The van der Waals surface area contributed by atoms with E-state index < -0.39 is 0 Å². The van der Waals surface area contributed by atoms with Crippen LogP contribution in [0.25, 0.3) is 0 Å². The molecule has 6 heteroatoms. The lowest BCUT2D eigenvalue weighted by molar-refractivity contribution is 0.309. The van der Waals surface area contributed by atoms with E-state index in [0.29, 0.717) is 6.04 Å². The van der Waals surface area contributed by atoms with Crippen molar-refractivity contribution in [1.29, 1.82) is 0 Å². The van der Waals surface area contributed by atoms with Crippen LogP contribution in [0.15, 0.2) is 11.1 Å². The average Bonchev–Trinajstić information content (AvgIpc) is 3.03. The first kappa shape index (κ1) is 16.8. The zero-order valence-corrected chi connectivity index (χ0v) is 14.4. The molecule has 0 radical (unpaired) electrons. The van der Waals surface area contributed by atoms with Crippen LogP contribution in [0, 0.1) is 13.8 Å². The van der Waals surface area contributed by atoms with Gasteiger partial charge in [-0.3, -0.25) is 9.67 Å². The fraction of sp³-hybridized carbons (Fsp3) is 0.750. The number of nitrogens with zero attached hydrogens (tertiary/aromatic N) is 4. The number of aryl methyl sites for hydroxylation is 3. The normalized spacial score (nSPS) is 19.6. The second-order valence-electron chi connectivity index (χ2n) is 6.16. The molecule has 2 N–H and O–H groups in total. The lowest BCUT2D eigenvalue weighted by atomic mass is 10.2. The number of rotatable bonds is 6. The number of likely N-dealkylation sites (N-methyl/N-ethyl adjacent to an activating group) is 1. The van der Waals surface area contributed by atoms with Crippen LogP contribution in [0.2, 0.25) is 0 Å². The van der Waals surface area contributed by atoms with Gasteiger partial charge < -0.3 is 15.5 Å². The topological polar surface area (TPSA) is 57.5 Å². The Hall–Kier alpha value is -1.56. The van der Waals surface area contributed by atoms with Crippen LogP contribution in [-0.2, 0) is 6.54 Å². The minimum absolute atomic E-state index is 0.633. The number of guanidine groups is 1. The Balaban J connectivity index is 1.65. The fourth-order valence-corrected chi connectivity index (χ4v) is 3.01. The van der Waals surface area contributed by atoms with Gasteiger partial charge in [0.15, 0.2) is 5.96 Å². The van der Waals surface area contributed by atoms with Crippen LogP contribution in [0.4, 0.5) is 0 Å². The molecule has 0 saturated carbocycles. The maximum Gasteiger partial charge on any atom is 0.191 e. The second-order valence-corrected chi connectivity index (χ2v) is 6.16. The van der Waals surface area contributed by atoms with Crippen LogP contribution in [-0.4, -0.2) is 60.4 Å². The van der Waals surface area contributed by atoms with E-state index in [9.17, 15) is 0 Å². The van der Waals surface area contributed by atoms with Crippen LogP contribution in [0.5, 0.6) is 0 Å². The van der Waals surface area contributed by atoms with Gasteiger partial charge in [0.05, 0.1) is 5.69 Å². The van der Waals surface area contributed by atoms with Crippen LogP contribution >= 0.6 is 0 Å². The first-order chi connectivity index (χ1) is 10.6. The minimum atomic E-state index is 0.633. The largest absolute Gasteiger partial charge is 0.356 e. The monoisotopic (exact) mass is 306 g/mol. The second kappa shape index (κ2) is 8.17. The van der Waals surface area contributed by atoms with E-state index in [2.05, 4.69) is 50.3 Å². The average molecular weight is 306 g/mol. The molecule has 6 nitrogen and oxygen atoms in total. The number of aliphatic imine (C=N–C) groups is 1. The third-order valence-electron chi connectivity index (χ3n) is 4.34. The molecule has 1 unspecified atom stereocenters. The zero-order chi connectivity index (χ0) is 15.9. The van der Waals surface area contributed by atoms with Gasteiger partial charge in [0.2, 0.25) is 0 Å². The first-order valence-corrected chi connectivity index (χ1v) is 8.26. The van der Waals surface area contributed by atoms with Gasteiger partial charge in [0, 0.05) is 38.4 Å². The lowest BCUT2D eigenvalue weighted by Gasteiger charge is -2.21. The Morgan fingerprint density at radius 2 is 2.23 bits per heavy atom. The quantitative estimate of drug-likeness (QED) is 0.470. The molecule has 22 heavy (non-hydrogen) atoms. The summed E-state index contributed by atoms with van der Waals surface area (Å²) in [5.74, 6) is 0.897. The predicted octanol–water partition coefficient (Wildman–Crippen LogP) is 1.15. The highest BCUT2D eigenvalue weighted by molar-refractivity contribution is 5.79. The third kappa shape index (κ3) is 4.73. The Labute approximate surface area is 134 Å². The molecule has 1 fully saturated rings. The summed E-state index contributed by atoms with van der Waals surface area (Å²) in [5.41, 5.74) is 2.31. The Morgan fingerprint density at radius 1 is 1.41 bits per heavy atom. The summed E-state index contributed by atoms with van der Waals surface area (Å²) < 4.78 is 2.07.